The van der Waals surface area contributed by atoms with Crippen molar-refractivity contribution < 1.29 is 9.53 Å². The molecule has 24 heavy (non-hydrogen) atoms. The molecule has 0 bridgehead atoms. The monoisotopic (exact) mass is 332 g/mol. The summed E-state index contributed by atoms with van der Waals surface area (Å²) in [6.45, 7) is 8.48. The van der Waals surface area contributed by atoms with Gasteiger partial charge in [-0.2, -0.15) is 5.10 Å². The number of amides is 1. The molecule has 2 rings (SSSR count). The van der Waals surface area contributed by atoms with Crippen molar-refractivity contribution >= 4 is 12.0 Å². The van der Waals surface area contributed by atoms with Crippen molar-refractivity contribution in [1.29, 1.82) is 0 Å². The normalized spacial score (nSPS) is 12.1. The number of hydrogen-bond donors (Lipinski definition) is 2. The van der Waals surface area contributed by atoms with Gasteiger partial charge in [0.25, 0.3) is 0 Å². The molecule has 8 nitrogen and oxygen atoms in total. The van der Waals surface area contributed by atoms with Crippen molar-refractivity contribution in [2.75, 3.05) is 19.0 Å². The van der Waals surface area contributed by atoms with Gasteiger partial charge in [-0.05, 0) is 33.8 Å². The highest BCUT2D eigenvalue weighted by Crippen LogP contribution is 2.22. The van der Waals surface area contributed by atoms with Crippen LogP contribution in [-0.4, -0.2) is 45.5 Å². The number of carbonyl (C=O) groups excluding carboxylic acids is 1. The molecular formula is C16H24N6O2. The number of methoxy groups -OCH3 is 1. The van der Waals surface area contributed by atoms with Crippen LogP contribution < -0.4 is 10.6 Å². The molecule has 0 spiro atoms. The number of rotatable bonds is 6. The van der Waals surface area contributed by atoms with E-state index in [9.17, 15) is 4.79 Å². The van der Waals surface area contributed by atoms with Gasteiger partial charge in [0.15, 0.2) is 0 Å². The van der Waals surface area contributed by atoms with Crippen molar-refractivity contribution in [2.45, 2.75) is 39.8 Å². The van der Waals surface area contributed by atoms with Gasteiger partial charge in [-0.3, -0.25) is 4.68 Å². The third kappa shape index (κ3) is 4.43. The van der Waals surface area contributed by atoms with Gasteiger partial charge in [0.2, 0.25) is 5.95 Å². The van der Waals surface area contributed by atoms with Crippen LogP contribution in [0.4, 0.5) is 10.7 Å². The van der Waals surface area contributed by atoms with Gasteiger partial charge < -0.3 is 15.4 Å². The summed E-state index contributed by atoms with van der Waals surface area (Å²) in [6, 6.07) is 2.04. The first-order valence-electron chi connectivity index (χ1n) is 7.88. The Morgan fingerprint density at radius 2 is 2.12 bits per heavy atom. The quantitative estimate of drug-likeness (QED) is 0.843. The minimum atomic E-state index is -0.462. The lowest BCUT2D eigenvalue weighted by atomic mass is 10.2. The molecule has 2 aromatic rings. The van der Waals surface area contributed by atoms with E-state index in [2.05, 4.69) is 44.3 Å². The van der Waals surface area contributed by atoms with Gasteiger partial charge in [0, 0.05) is 36.6 Å². The van der Waals surface area contributed by atoms with Crippen molar-refractivity contribution in [2.24, 2.45) is 0 Å². The third-order valence-electron chi connectivity index (χ3n) is 3.49. The molecule has 1 unspecified atom stereocenters. The van der Waals surface area contributed by atoms with Crippen LogP contribution in [0.1, 0.15) is 32.5 Å². The number of alkyl carbamates (subject to hydrolysis) is 1. The van der Waals surface area contributed by atoms with Gasteiger partial charge >= 0.3 is 6.09 Å². The van der Waals surface area contributed by atoms with E-state index in [4.69, 9.17) is 0 Å². The van der Waals surface area contributed by atoms with Crippen molar-refractivity contribution in [3.05, 3.63) is 24.2 Å². The minimum absolute atomic E-state index is 0.116. The molecule has 2 aromatic heterocycles. The summed E-state index contributed by atoms with van der Waals surface area (Å²) < 4.78 is 6.49. The molecule has 130 valence electrons. The van der Waals surface area contributed by atoms with E-state index in [0.29, 0.717) is 18.5 Å². The van der Waals surface area contributed by atoms with E-state index in [1.165, 1.54) is 7.11 Å². The molecule has 0 saturated carbocycles. The molecule has 2 N–H and O–H groups in total. The Hall–Kier alpha value is -2.64. The Labute approximate surface area is 141 Å². The summed E-state index contributed by atoms with van der Waals surface area (Å²) in [5.74, 6) is 0.503. The molecule has 8 heteroatoms. The molecule has 0 aromatic carbocycles. The Kier molecular flexibility index (Phi) is 5.73. The van der Waals surface area contributed by atoms with Crippen LogP contribution in [0.2, 0.25) is 0 Å². The largest absolute Gasteiger partial charge is 0.453 e. The minimum Gasteiger partial charge on any atom is -0.453 e. The maximum absolute atomic E-state index is 11.2. The van der Waals surface area contributed by atoms with Crippen LogP contribution in [-0.2, 0) is 4.74 Å². The van der Waals surface area contributed by atoms with Crippen LogP contribution in [0.5, 0.6) is 0 Å². The number of nitrogens with zero attached hydrogens (tertiary/aromatic N) is 4. The van der Waals surface area contributed by atoms with Crippen LogP contribution in [0.15, 0.2) is 18.5 Å². The highest BCUT2D eigenvalue weighted by molar-refractivity contribution is 5.67. The lowest BCUT2D eigenvalue weighted by Crippen LogP contribution is -2.37. The zero-order chi connectivity index (χ0) is 17.7. The molecule has 0 saturated heterocycles. The SMILES string of the molecule is COC(=O)NC(C)CNc1nccc(-c2cn(C(C)C)nc2C)n1. The molecule has 1 atom stereocenters. The van der Waals surface area contributed by atoms with Crippen molar-refractivity contribution in [1.82, 2.24) is 25.1 Å². The molecule has 0 fully saturated rings. The highest BCUT2D eigenvalue weighted by atomic mass is 16.5. The van der Waals surface area contributed by atoms with Crippen LogP contribution in [0, 0.1) is 6.92 Å². The van der Waals surface area contributed by atoms with E-state index < -0.39 is 6.09 Å². The molecule has 0 aliphatic rings. The van der Waals surface area contributed by atoms with E-state index in [-0.39, 0.29) is 6.04 Å². The fourth-order valence-electron chi connectivity index (χ4n) is 2.15. The van der Waals surface area contributed by atoms with Gasteiger partial charge in [0.05, 0.1) is 18.5 Å². The Morgan fingerprint density at radius 3 is 2.75 bits per heavy atom. The first-order valence-corrected chi connectivity index (χ1v) is 7.88. The van der Waals surface area contributed by atoms with Crippen LogP contribution in [0.25, 0.3) is 11.3 Å². The summed E-state index contributed by atoms with van der Waals surface area (Å²) in [6.07, 6.45) is 3.23. The summed E-state index contributed by atoms with van der Waals surface area (Å²) in [4.78, 5) is 19.9. The number of anilines is 1. The molecule has 2 heterocycles. The predicted octanol–water partition coefficient (Wildman–Crippen LogP) is 2.39. The van der Waals surface area contributed by atoms with Crippen molar-refractivity contribution in [3.63, 3.8) is 0 Å². The molecule has 0 aliphatic carbocycles. The van der Waals surface area contributed by atoms with Gasteiger partial charge in [-0.25, -0.2) is 14.8 Å². The third-order valence-corrected chi connectivity index (χ3v) is 3.49. The first-order chi connectivity index (χ1) is 11.4. The zero-order valence-corrected chi connectivity index (χ0v) is 14.7. The molecule has 1 amide bonds. The van der Waals surface area contributed by atoms with E-state index >= 15 is 0 Å². The fourth-order valence-corrected chi connectivity index (χ4v) is 2.15. The maximum atomic E-state index is 11.2. The Balaban J connectivity index is 2.08. The average Bonchev–Trinajstić information content (AvgIpc) is 2.95. The number of carbonyl (C=O) groups is 1. The molecular weight excluding hydrogens is 308 g/mol. The zero-order valence-electron chi connectivity index (χ0n) is 14.7. The average molecular weight is 332 g/mol. The molecule has 0 radical (unpaired) electrons. The van der Waals surface area contributed by atoms with Gasteiger partial charge in [-0.1, -0.05) is 0 Å². The topological polar surface area (TPSA) is 94.0 Å². The predicted molar refractivity (Wildman–Crippen MR) is 91.9 cm³/mol. The maximum Gasteiger partial charge on any atom is 0.407 e. The summed E-state index contributed by atoms with van der Waals surface area (Å²) in [5, 5.41) is 10.3. The number of aryl methyl sites for hydroxylation is 1. The fraction of sp³-hybridized carbons (Fsp3) is 0.500. The number of hydrogen-bond acceptors (Lipinski definition) is 6. The van der Waals surface area contributed by atoms with E-state index in [0.717, 1.165) is 17.0 Å². The van der Waals surface area contributed by atoms with Gasteiger partial charge in [0.1, 0.15) is 0 Å². The summed E-state index contributed by atoms with van der Waals surface area (Å²) in [5.41, 5.74) is 2.72. The van der Waals surface area contributed by atoms with E-state index in [1.54, 1.807) is 6.20 Å². The van der Waals surface area contributed by atoms with Crippen molar-refractivity contribution in [3.8, 4) is 11.3 Å². The van der Waals surface area contributed by atoms with Crippen LogP contribution in [0.3, 0.4) is 0 Å². The van der Waals surface area contributed by atoms with E-state index in [1.807, 2.05) is 30.8 Å². The Bertz CT molecular complexity index is 698. The Morgan fingerprint density at radius 1 is 1.38 bits per heavy atom. The number of ether oxygens (including phenoxy) is 1. The lowest BCUT2D eigenvalue weighted by molar-refractivity contribution is 0.168. The summed E-state index contributed by atoms with van der Waals surface area (Å²) in [7, 11) is 1.34. The highest BCUT2D eigenvalue weighted by Gasteiger charge is 2.12. The van der Waals surface area contributed by atoms with Crippen LogP contribution >= 0.6 is 0 Å². The summed E-state index contributed by atoms with van der Waals surface area (Å²) >= 11 is 0. The molecule has 0 aliphatic heterocycles. The smallest absolute Gasteiger partial charge is 0.407 e. The first kappa shape index (κ1) is 17.7. The second-order valence-electron chi connectivity index (χ2n) is 5.89. The lowest BCUT2D eigenvalue weighted by Gasteiger charge is -2.13. The second-order valence-corrected chi connectivity index (χ2v) is 5.89. The number of nitrogens with one attached hydrogen (secondary N) is 2. The van der Waals surface area contributed by atoms with Gasteiger partial charge in [-0.15, -0.1) is 0 Å². The standard InChI is InChI=1S/C16H24N6O2/c1-10(2)22-9-13(12(4)21-22)14-6-7-17-15(20-14)18-8-11(3)19-16(23)24-5/h6-7,9-11H,8H2,1-5H3,(H,19,23)(H,17,18,20). The second kappa shape index (κ2) is 7.76. The number of aromatic nitrogens is 4.